The Balaban J connectivity index is 3.19. The van der Waals surface area contributed by atoms with Crippen LogP contribution in [0.4, 0.5) is 5.69 Å². The lowest BCUT2D eigenvalue weighted by molar-refractivity contribution is -0.114. The molecule has 0 aliphatic rings. The summed E-state index contributed by atoms with van der Waals surface area (Å²) in [7, 11) is 0. The third-order valence-electron chi connectivity index (χ3n) is 1.86. The molecule has 0 radical (unpaired) electrons. The second-order valence-corrected chi connectivity index (χ2v) is 3.54. The molecule has 15 heavy (non-hydrogen) atoms. The monoisotopic (exact) mass is 227 g/mol. The Kier molecular flexibility index (Phi) is 3.31. The Bertz CT molecular complexity index is 429. The maximum atomic E-state index is 10.8. The van der Waals surface area contributed by atoms with Gasteiger partial charge in [0, 0.05) is 12.6 Å². The zero-order valence-electron chi connectivity index (χ0n) is 8.30. The van der Waals surface area contributed by atoms with Crippen LogP contribution < -0.4 is 5.32 Å². The fourth-order valence-corrected chi connectivity index (χ4v) is 1.41. The minimum absolute atomic E-state index is 0.0308. The molecule has 1 rings (SSSR count). The SMILES string of the molecule is CC(=O)Nc1cc(Cl)c(C(=O)O)cc1C. The van der Waals surface area contributed by atoms with Gasteiger partial charge in [-0.1, -0.05) is 11.6 Å². The number of amides is 1. The van der Waals surface area contributed by atoms with Crippen molar-refractivity contribution in [3.8, 4) is 0 Å². The molecule has 0 heterocycles. The summed E-state index contributed by atoms with van der Waals surface area (Å²) < 4.78 is 0. The van der Waals surface area contributed by atoms with E-state index in [9.17, 15) is 9.59 Å². The number of halogens is 1. The fourth-order valence-electron chi connectivity index (χ4n) is 1.17. The minimum atomic E-state index is -1.09. The maximum Gasteiger partial charge on any atom is 0.337 e. The van der Waals surface area contributed by atoms with Gasteiger partial charge in [0.05, 0.1) is 10.6 Å². The van der Waals surface area contributed by atoms with Gasteiger partial charge in [-0.05, 0) is 24.6 Å². The van der Waals surface area contributed by atoms with Gasteiger partial charge in [-0.2, -0.15) is 0 Å². The molecular formula is C10H10ClNO3. The van der Waals surface area contributed by atoms with Gasteiger partial charge in [0.25, 0.3) is 0 Å². The molecule has 0 fully saturated rings. The summed E-state index contributed by atoms with van der Waals surface area (Å²) in [6.07, 6.45) is 0. The van der Waals surface area contributed by atoms with Crippen molar-refractivity contribution in [1.82, 2.24) is 0 Å². The van der Waals surface area contributed by atoms with Crippen LogP contribution in [0.3, 0.4) is 0 Å². The van der Waals surface area contributed by atoms with Crippen molar-refractivity contribution >= 4 is 29.2 Å². The number of anilines is 1. The van der Waals surface area contributed by atoms with Gasteiger partial charge in [-0.15, -0.1) is 0 Å². The highest BCUT2D eigenvalue weighted by atomic mass is 35.5. The average molecular weight is 228 g/mol. The number of carboxylic acids is 1. The van der Waals surface area contributed by atoms with E-state index in [0.29, 0.717) is 11.3 Å². The first-order valence-corrected chi connectivity index (χ1v) is 4.60. The number of benzene rings is 1. The van der Waals surface area contributed by atoms with Crippen LogP contribution in [0.5, 0.6) is 0 Å². The number of carboxylic acid groups (broad SMARTS) is 1. The fraction of sp³-hybridized carbons (Fsp3) is 0.200. The summed E-state index contributed by atoms with van der Waals surface area (Å²) in [5, 5.41) is 11.5. The van der Waals surface area contributed by atoms with Crippen molar-refractivity contribution in [2.24, 2.45) is 0 Å². The van der Waals surface area contributed by atoms with Gasteiger partial charge in [-0.3, -0.25) is 4.79 Å². The normalized spacial score (nSPS) is 9.80. The molecule has 1 aromatic rings. The summed E-state index contributed by atoms with van der Waals surface area (Å²) in [6.45, 7) is 3.08. The summed E-state index contributed by atoms with van der Waals surface area (Å²) >= 11 is 5.75. The minimum Gasteiger partial charge on any atom is -0.478 e. The van der Waals surface area contributed by atoms with E-state index in [1.807, 2.05) is 0 Å². The van der Waals surface area contributed by atoms with Gasteiger partial charge in [0.1, 0.15) is 0 Å². The number of aryl methyl sites for hydroxylation is 1. The topological polar surface area (TPSA) is 66.4 Å². The smallest absolute Gasteiger partial charge is 0.337 e. The van der Waals surface area contributed by atoms with Gasteiger partial charge < -0.3 is 10.4 Å². The van der Waals surface area contributed by atoms with Crippen molar-refractivity contribution in [3.05, 3.63) is 28.3 Å². The van der Waals surface area contributed by atoms with Crippen LogP contribution in [0.25, 0.3) is 0 Å². The largest absolute Gasteiger partial charge is 0.478 e. The summed E-state index contributed by atoms with van der Waals surface area (Å²) in [6, 6.07) is 2.86. The molecule has 4 nitrogen and oxygen atoms in total. The van der Waals surface area contributed by atoms with Crippen molar-refractivity contribution in [3.63, 3.8) is 0 Å². The van der Waals surface area contributed by atoms with Crippen molar-refractivity contribution in [2.75, 3.05) is 5.32 Å². The van der Waals surface area contributed by atoms with E-state index in [1.54, 1.807) is 6.92 Å². The molecule has 0 unspecified atom stereocenters. The van der Waals surface area contributed by atoms with E-state index < -0.39 is 5.97 Å². The Morgan fingerprint density at radius 3 is 2.47 bits per heavy atom. The average Bonchev–Trinajstić information content (AvgIpc) is 2.09. The molecule has 1 amide bonds. The van der Waals surface area contributed by atoms with E-state index in [4.69, 9.17) is 16.7 Å². The second kappa shape index (κ2) is 4.31. The number of hydrogen-bond donors (Lipinski definition) is 2. The quantitative estimate of drug-likeness (QED) is 0.815. The summed E-state index contributed by atoms with van der Waals surface area (Å²) in [4.78, 5) is 21.6. The van der Waals surface area contributed by atoms with Crippen LogP contribution >= 0.6 is 11.6 Å². The number of nitrogens with one attached hydrogen (secondary N) is 1. The Morgan fingerprint density at radius 1 is 1.40 bits per heavy atom. The first-order valence-electron chi connectivity index (χ1n) is 4.23. The Hall–Kier alpha value is -1.55. The first kappa shape index (κ1) is 11.5. The number of hydrogen-bond acceptors (Lipinski definition) is 2. The maximum absolute atomic E-state index is 10.8. The summed E-state index contributed by atoms with van der Waals surface area (Å²) in [5.74, 6) is -1.31. The standard InChI is InChI=1S/C10H10ClNO3/c1-5-3-7(10(14)15)8(11)4-9(5)12-6(2)13/h3-4H,1-2H3,(H,12,13)(H,14,15). The van der Waals surface area contributed by atoms with Crippen molar-refractivity contribution < 1.29 is 14.7 Å². The number of rotatable bonds is 2. The molecule has 0 aliphatic carbocycles. The van der Waals surface area contributed by atoms with Crippen LogP contribution in [-0.4, -0.2) is 17.0 Å². The highest BCUT2D eigenvalue weighted by molar-refractivity contribution is 6.33. The predicted molar refractivity (Wildman–Crippen MR) is 57.5 cm³/mol. The van der Waals surface area contributed by atoms with Gasteiger partial charge in [0.15, 0.2) is 0 Å². The van der Waals surface area contributed by atoms with Crippen LogP contribution in [0, 0.1) is 6.92 Å². The highest BCUT2D eigenvalue weighted by Gasteiger charge is 2.12. The first-order chi connectivity index (χ1) is 6.91. The van der Waals surface area contributed by atoms with E-state index >= 15 is 0 Å². The van der Waals surface area contributed by atoms with Crippen molar-refractivity contribution in [1.29, 1.82) is 0 Å². The molecule has 0 spiro atoms. The Labute approximate surface area is 91.9 Å². The van der Waals surface area contributed by atoms with Gasteiger partial charge >= 0.3 is 5.97 Å². The molecule has 0 aliphatic heterocycles. The number of carbonyl (C=O) groups excluding carboxylic acids is 1. The van der Waals surface area contributed by atoms with E-state index in [-0.39, 0.29) is 16.5 Å². The summed E-state index contributed by atoms with van der Waals surface area (Å²) in [5.41, 5.74) is 1.22. The molecule has 0 bridgehead atoms. The Morgan fingerprint density at radius 2 is 2.00 bits per heavy atom. The van der Waals surface area contributed by atoms with Gasteiger partial charge in [-0.25, -0.2) is 4.79 Å². The number of carbonyl (C=O) groups is 2. The molecule has 80 valence electrons. The third kappa shape index (κ3) is 2.70. The molecule has 0 atom stereocenters. The molecular weight excluding hydrogens is 218 g/mol. The molecule has 2 N–H and O–H groups in total. The lowest BCUT2D eigenvalue weighted by atomic mass is 10.1. The van der Waals surface area contributed by atoms with Gasteiger partial charge in [0.2, 0.25) is 5.91 Å². The van der Waals surface area contributed by atoms with E-state index in [1.165, 1.54) is 19.1 Å². The zero-order chi connectivity index (χ0) is 11.6. The lowest BCUT2D eigenvalue weighted by Gasteiger charge is -2.08. The van der Waals surface area contributed by atoms with E-state index in [0.717, 1.165) is 0 Å². The third-order valence-corrected chi connectivity index (χ3v) is 2.17. The molecule has 0 saturated carbocycles. The lowest BCUT2D eigenvalue weighted by Crippen LogP contribution is -2.08. The molecule has 1 aromatic carbocycles. The highest BCUT2D eigenvalue weighted by Crippen LogP contribution is 2.25. The van der Waals surface area contributed by atoms with E-state index in [2.05, 4.69) is 5.32 Å². The van der Waals surface area contributed by atoms with Crippen molar-refractivity contribution in [2.45, 2.75) is 13.8 Å². The van der Waals surface area contributed by atoms with Crippen LogP contribution in [0.2, 0.25) is 5.02 Å². The van der Waals surface area contributed by atoms with Crippen LogP contribution in [-0.2, 0) is 4.79 Å². The molecule has 0 saturated heterocycles. The molecule has 5 heteroatoms. The van der Waals surface area contributed by atoms with Crippen LogP contribution in [0.15, 0.2) is 12.1 Å². The van der Waals surface area contributed by atoms with Crippen LogP contribution in [0.1, 0.15) is 22.8 Å². The predicted octanol–water partition coefficient (Wildman–Crippen LogP) is 2.31. The second-order valence-electron chi connectivity index (χ2n) is 3.13. The molecule has 0 aromatic heterocycles. The zero-order valence-corrected chi connectivity index (χ0v) is 9.05. The number of aromatic carboxylic acids is 1.